The Morgan fingerprint density at radius 2 is 1.43 bits per heavy atom. The number of nitrogens with zero attached hydrogens (tertiary/aromatic N) is 1. The maximum absolute atomic E-state index is 14.9. The molecule has 3 aromatic rings. The molecule has 5 rings (SSSR count). The lowest BCUT2D eigenvalue weighted by molar-refractivity contribution is -0.163. The minimum absolute atomic E-state index is 0.0791. The van der Waals surface area contributed by atoms with Gasteiger partial charge in [0.15, 0.2) is 29.6 Å². The topological polar surface area (TPSA) is 139 Å². The molecule has 1 aliphatic carbocycles. The molecule has 0 spiro atoms. The van der Waals surface area contributed by atoms with Gasteiger partial charge in [0.25, 0.3) is 0 Å². The Morgan fingerprint density at radius 1 is 0.741 bits per heavy atom. The Kier molecular flexibility index (Phi) is 14.3. The van der Waals surface area contributed by atoms with Crippen LogP contribution in [0.3, 0.4) is 0 Å². The number of aliphatic carboxylic acids is 1. The van der Waals surface area contributed by atoms with Crippen LogP contribution in [-0.4, -0.2) is 82.6 Å². The summed E-state index contributed by atoms with van der Waals surface area (Å²) in [5.41, 5.74) is 2.37. The van der Waals surface area contributed by atoms with Crippen LogP contribution < -0.4 is 28.4 Å². The second-order valence-corrected chi connectivity index (χ2v) is 13.8. The summed E-state index contributed by atoms with van der Waals surface area (Å²) in [6.45, 7) is -0.0755. The molecule has 0 radical (unpaired) electrons. The smallest absolute Gasteiger partial charge is 0.341 e. The van der Waals surface area contributed by atoms with E-state index in [2.05, 4.69) is 0 Å². The molecular formula is C42H53NO11. The van der Waals surface area contributed by atoms with Gasteiger partial charge in [-0.1, -0.05) is 37.5 Å². The summed E-state index contributed by atoms with van der Waals surface area (Å²) < 4.78 is 39.7. The van der Waals surface area contributed by atoms with Crippen LogP contribution in [0, 0.1) is 5.92 Å². The van der Waals surface area contributed by atoms with Crippen molar-refractivity contribution in [3.8, 4) is 34.5 Å². The molecule has 1 aliphatic heterocycles. The Labute approximate surface area is 317 Å². The van der Waals surface area contributed by atoms with E-state index in [0.717, 1.165) is 56.1 Å². The van der Waals surface area contributed by atoms with Gasteiger partial charge in [0, 0.05) is 6.54 Å². The molecule has 1 saturated carbocycles. The van der Waals surface area contributed by atoms with E-state index >= 15 is 0 Å². The van der Waals surface area contributed by atoms with Gasteiger partial charge in [0.1, 0.15) is 17.9 Å². The van der Waals surface area contributed by atoms with Crippen molar-refractivity contribution in [1.29, 1.82) is 0 Å². The van der Waals surface area contributed by atoms with Crippen molar-refractivity contribution in [2.45, 2.75) is 82.3 Å². The molecule has 1 heterocycles. The Balaban J connectivity index is 1.45. The molecule has 0 bridgehead atoms. The average molecular weight is 748 g/mol. The number of esters is 1. The van der Waals surface area contributed by atoms with Crippen molar-refractivity contribution in [1.82, 2.24) is 4.90 Å². The number of hydrogen-bond donors (Lipinski definition) is 1. The number of carboxylic acids is 1. The zero-order valence-electron chi connectivity index (χ0n) is 32.0. The lowest BCUT2D eigenvalue weighted by atomic mass is 9.75. The van der Waals surface area contributed by atoms with Crippen molar-refractivity contribution in [2.75, 3.05) is 48.7 Å². The van der Waals surface area contributed by atoms with Gasteiger partial charge < -0.3 is 43.2 Å². The third-order valence-corrected chi connectivity index (χ3v) is 10.5. The van der Waals surface area contributed by atoms with Crippen molar-refractivity contribution in [3.63, 3.8) is 0 Å². The molecule has 1 amide bonds. The van der Waals surface area contributed by atoms with E-state index in [1.165, 1.54) is 0 Å². The van der Waals surface area contributed by atoms with Crippen molar-refractivity contribution < 1.29 is 52.6 Å². The van der Waals surface area contributed by atoms with Gasteiger partial charge in [-0.25, -0.2) is 9.59 Å². The zero-order valence-corrected chi connectivity index (χ0v) is 32.0. The zero-order chi connectivity index (χ0) is 38.6. The molecule has 1 unspecified atom stereocenters. The van der Waals surface area contributed by atoms with E-state index in [1.54, 1.807) is 58.6 Å². The predicted molar refractivity (Wildman–Crippen MR) is 201 cm³/mol. The van der Waals surface area contributed by atoms with Crippen molar-refractivity contribution in [2.24, 2.45) is 5.92 Å². The van der Waals surface area contributed by atoms with Gasteiger partial charge in [0.2, 0.25) is 11.7 Å². The average Bonchev–Trinajstić information content (AvgIpc) is 3.21. The van der Waals surface area contributed by atoms with Crippen molar-refractivity contribution >= 4 is 17.8 Å². The number of rotatable bonds is 17. The lowest BCUT2D eigenvalue weighted by Crippen LogP contribution is -2.51. The second kappa shape index (κ2) is 19.3. The molecule has 12 heteroatoms. The molecule has 2 aliphatic rings. The van der Waals surface area contributed by atoms with Gasteiger partial charge in [-0.2, -0.15) is 0 Å². The first kappa shape index (κ1) is 40.1. The van der Waals surface area contributed by atoms with Crippen LogP contribution in [0.25, 0.3) is 0 Å². The van der Waals surface area contributed by atoms with Crippen LogP contribution in [0.1, 0.15) is 86.5 Å². The highest BCUT2D eigenvalue weighted by atomic mass is 16.5. The number of benzene rings is 3. The van der Waals surface area contributed by atoms with E-state index in [0.29, 0.717) is 65.9 Å². The molecule has 54 heavy (non-hydrogen) atoms. The summed E-state index contributed by atoms with van der Waals surface area (Å²) in [7, 11) is 7.82. The number of hydrogen-bond acceptors (Lipinski definition) is 10. The number of methoxy groups -OCH3 is 5. The first-order chi connectivity index (χ1) is 26.2. The van der Waals surface area contributed by atoms with Crippen LogP contribution >= 0.6 is 0 Å². The molecule has 3 aromatic carbocycles. The minimum Gasteiger partial charge on any atom is -0.493 e. The summed E-state index contributed by atoms with van der Waals surface area (Å²) in [5.74, 6) is 0.809. The molecule has 3 atom stereocenters. The molecule has 1 N–H and O–H groups in total. The monoisotopic (exact) mass is 747 g/mol. The van der Waals surface area contributed by atoms with Crippen LogP contribution in [0.4, 0.5) is 0 Å². The Morgan fingerprint density at radius 3 is 2.07 bits per heavy atom. The van der Waals surface area contributed by atoms with E-state index in [9.17, 15) is 19.5 Å². The lowest BCUT2D eigenvalue weighted by Gasteiger charge is -2.40. The second-order valence-electron chi connectivity index (χ2n) is 13.8. The summed E-state index contributed by atoms with van der Waals surface area (Å²) in [4.78, 5) is 42.3. The normalized spacial score (nSPS) is 17.1. The third-order valence-electron chi connectivity index (χ3n) is 10.5. The SMILES string of the molecule is COc1ccc(CCC(OC(=O)[C@@H]2CCCCN2C(=O)[C@H](c2cc(OC)c(OC)c(OC)c2)C2CCCCC2)c2cccc(OCC(=O)O)c2)cc1OC. The van der Waals surface area contributed by atoms with Crippen LogP contribution in [0.2, 0.25) is 0 Å². The number of carbonyl (C=O) groups excluding carboxylic acids is 2. The summed E-state index contributed by atoms with van der Waals surface area (Å²) in [5, 5.41) is 9.18. The maximum Gasteiger partial charge on any atom is 0.341 e. The van der Waals surface area contributed by atoms with E-state index in [4.69, 9.17) is 33.2 Å². The summed E-state index contributed by atoms with van der Waals surface area (Å²) in [6.07, 6.45) is 7.20. The largest absolute Gasteiger partial charge is 0.493 e. The van der Waals surface area contributed by atoms with Crippen LogP contribution in [0.5, 0.6) is 34.5 Å². The first-order valence-electron chi connectivity index (χ1n) is 18.7. The summed E-state index contributed by atoms with van der Waals surface area (Å²) >= 11 is 0. The maximum atomic E-state index is 14.9. The highest BCUT2D eigenvalue weighted by Crippen LogP contribution is 2.45. The molecule has 292 valence electrons. The fraction of sp³-hybridized carbons (Fsp3) is 0.500. The van der Waals surface area contributed by atoms with Gasteiger partial charge in [-0.3, -0.25) is 4.79 Å². The number of ether oxygens (including phenoxy) is 7. The van der Waals surface area contributed by atoms with Gasteiger partial charge in [-0.15, -0.1) is 0 Å². The van der Waals surface area contributed by atoms with Gasteiger partial charge >= 0.3 is 11.9 Å². The molecular weight excluding hydrogens is 694 g/mol. The van der Waals surface area contributed by atoms with Crippen LogP contribution in [-0.2, 0) is 25.5 Å². The Hall–Kier alpha value is -5.13. The van der Waals surface area contributed by atoms with E-state index < -0.39 is 36.6 Å². The highest BCUT2D eigenvalue weighted by Gasteiger charge is 2.41. The molecule has 12 nitrogen and oxygen atoms in total. The quantitative estimate of drug-likeness (QED) is 0.141. The number of carbonyl (C=O) groups is 3. The number of likely N-dealkylation sites (tertiary alicyclic amines) is 1. The molecule has 0 aromatic heterocycles. The van der Waals surface area contributed by atoms with Crippen LogP contribution in [0.15, 0.2) is 54.6 Å². The number of amides is 1. The Bertz CT molecular complexity index is 1710. The highest BCUT2D eigenvalue weighted by molar-refractivity contribution is 5.89. The molecule has 2 fully saturated rings. The fourth-order valence-electron chi connectivity index (χ4n) is 7.78. The van der Waals surface area contributed by atoms with E-state index in [1.807, 2.05) is 36.4 Å². The standard InChI is InChI=1S/C42H53NO11/c1-48-34-20-18-27(22-35(34)49-2)17-19-33(29-14-11-15-31(23-29)53-26-38(44)45)54-42(47)32-16-9-10-21-43(32)41(46)39(28-12-7-6-8-13-28)30-24-36(50-3)40(52-5)37(25-30)51-4/h11,14-15,18,20,22-25,28,32-33,39H,6-10,12-13,16-17,19,21,26H2,1-5H3,(H,44,45)/t32-,33?,39-/m0/s1. The predicted octanol–water partition coefficient (Wildman–Crippen LogP) is 7.16. The van der Waals surface area contributed by atoms with Gasteiger partial charge in [-0.05, 0) is 104 Å². The molecule has 1 saturated heterocycles. The number of carboxylic acid groups (broad SMARTS) is 1. The minimum atomic E-state index is -1.10. The number of piperidine rings is 1. The number of aryl methyl sites for hydroxylation is 1. The summed E-state index contributed by atoms with van der Waals surface area (Å²) in [6, 6.07) is 15.5. The van der Waals surface area contributed by atoms with Crippen molar-refractivity contribution in [3.05, 3.63) is 71.3 Å². The fourth-order valence-corrected chi connectivity index (χ4v) is 7.78. The third kappa shape index (κ3) is 9.69. The first-order valence-corrected chi connectivity index (χ1v) is 18.7. The van der Waals surface area contributed by atoms with E-state index in [-0.39, 0.29) is 11.8 Å². The van der Waals surface area contributed by atoms with Gasteiger partial charge in [0.05, 0.1) is 41.5 Å².